The van der Waals surface area contributed by atoms with Crippen molar-refractivity contribution in [3.8, 4) is 0 Å². The van der Waals surface area contributed by atoms with Gasteiger partial charge in [0.05, 0.1) is 27.0 Å². The molecule has 0 saturated carbocycles. The molecule has 0 unspecified atom stereocenters. The van der Waals surface area contributed by atoms with Gasteiger partial charge in [0.25, 0.3) is 5.69 Å². The Labute approximate surface area is 151 Å². The molecule has 27 heavy (non-hydrogen) atoms. The molecule has 0 aliphatic carbocycles. The number of imidazole rings is 2. The zero-order chi connectivity index (χ0) is 20.0. The van der Waals surface area contributed by atoms with E-state index in [2.05, 4.69) is 19.9 Å². The maximum atomic E-state index is 10.8. The monoisotopic (exact) mass is 374 g/mol. The highest BCUT2D eigenvalue weighted by molar-refractivity contribution is 5.78. The summed E-state index contributed by atoms with van der Waals surface area (Å²) in [6.45, 7) is 1.93. The third-order valence-electron chi connectivity index (χ3n) is 3.25. The number of aromatic nitrogens is 4. The molecule has 2 heterocycles. The summed E-state index contributed by atoms with van der Waals surface area (Å²) in [5, 5.41) is 17.9. The number of aliphatic hydroxyl groups excluding tert-OH is 1. The van der Waals surface area contributed by atoms with E-state index < -0.39 is 4.92 Å². The molecule has 11 nitrogen and oxygen atoms in total. The number of nitrogens with one attached hydrogen (secondary N) is 4. The molecule has 2 aromatic carbocycles. The van der Waals surface area contributed by atoms with Crippen LogP contribution < -0.4 is 17.1 Å². The molecule has 7 N–H and O–H groups in total. The van der Waals surface area contributed by atoms with Crippen molar-refractivity contribution in [1.29, 1.82) is 0 Å². The first-order valence-corrected chi connectivity index (χ1v) is 7.79. The van der Waals surface area contributed by atoms with E-state index in [0.717, 1.165) is 11.0 Å². The molecule has 0 atom stereocenters. The number of hydrogen-bond donors (Lipinski definition) is 6. The van der Waals surface area contributed by atoms with Crippen LogP contribution in [0.3, 0.4) is 0 Å². The second kappa shape index (κ2) is 8.49. The van der Waals surface area contributed by atoms with Gasteiger partial charge in [0.1, 0.15) is 0 Å². The Kier molecular flexibility index (Phi) is 6.12. The second-order valence-corrected chi connectivity index (χ2v) is 5.27. The van der Waals surface area contributed by atoms with Crippen molar-refractivity contribution >= 4 is 33.4 Å². The van der Waals surface area contributed by atoms with Crippen molar-refractivity contribution in [2.45, 2.75) is 6.92 Å². The molecule has 2 aromatic heterocycles. The van der Waals surface area contributed by atoms with Crippen molar-refractivity contribution in [3.05, 3.63) is 67.5 Å². The van der Waals surface area contributed by atoms with Crippen molar-refractivity contribution in [2.75, 3.05) is 12.3 Å². The lowest BCUT2D eigenvalue weighted by Crippen LogP contribution is -1.99. The summed E-state index contributed by atoms with van der Waals surface area (Å²) < 4.78 is 0. The number of aromatic amines is 4. The van der Waals surface area contributed by atoms with Gasteiger partial charge in [0, 0.05) is 24.4 Å². The third-order valence-corrected chi connectivity index (χ3v) is 3.25. The first-order valence-electron chi connectivity index (χ1n) is 7.79. The van der Waals surface area contributed by atoms with Crippen LogP contribution in [0.2, 0.25) is 0 Å². The summed E-state index contributed by atoms with van der Waals surface area (Å²) in [7, 11) is 0. The average molecular weight is 374 g/mol. The van der Waals surface area contributed by atoms with Gasteiger partial charge in [0.15, 0.2) is 0 Å². The smallest absolute Gasteiger partial charge is 0.323 e. The molecule has 0 radical (unpaired) electrons. The van der Waals surface area contributed by atoms with Crippen LogP contribution in [0.25, 0.3) is 22.1 Å². The number of nitrogen functional groups attached to an aromatic ring is 1. The lowest BCUT2D eigenvalue weighted by Gasteiger charge is -1.89. The number of non-ortho nitro benzene ring substituents is 1. The topological polar surface area (TPSA) is 187 Å². The predicted octanol–water partition coefficient (Wildman–Crippen LogP) is 1.20. The fraction of sp³-hybridized carbons (Fsp3) is 0.125. The highest BCUT2D eigenvalue weighted by atomic mass is 16.6. The van der Waals surface area contributed by atoms with E-state index >= 15 is 0 Å². The molecule has 4 aromatic rings. The third kappa shape index (κ3) is 5.06. The molecule has 0 aliphatic rings. The van der Waals surface area contributed by atoms with Gasteiger partial charge in [-0.1, -0.05) is 0 Å². The van der Waals surface area contributed by atoms with Gasteiger partial charge >= 0.3 is 11.4 Å². The minimum atomic E-state index is -0.509. The van der Waals surface area contributed by atoms with Crippen LogP contribution >= 0.6 is 0 Å². The van der Waals surface area contributed by atoms with Gasteiger partial charge in [-0.3, -0.25) is 10.1 Å². The lowest BCUT2D eigenvalue weighted by molar-refractivity contribution is -0.384. The summed E-state index contributed by atoms with van der Waals surface area (Å²) in [5.41, 5.74) is 8.07. The van der Waals surface area contributed by atoms with E-state index in [9.17, 15) is 19.7 Å². The Morgan fingerprint density at radius 3 is 1.89 bits per heavy atom. The summed E-state index contributed by atoms with van der Waals surface area (Å²) in [5.74, 6) is 0. The van der Waals surface area contributed by atoms with Gasteiger partial charge < -0.3 is 30.8 Å². The fourth-order valence-electron chi connectivity index (χ4n) is 2.18. The highest BCUT2D eigenvalue weighted by Crippen LogP contribution is 2.16. The van der Waals surface area contributed by atoms with Crippen molar-refractivity contribution in [3.63, 3.8) is 0 Å². The zero-order valence-corrected chi connectivity index (χ0v) is 14.3. The Hall–Kier alpha value is -3.86. The minimum absolute atomic E-state index is 0.0391. The van der Waals surface area contributed by atoms with E-state index in [4.69, 9.17) is 10.8 Å². The number of nitrogens with two attached hydrogens (primary N) is 1. The van der Waals surface area contributed by atoms with Gasteiger partial charge in [-0.2, -0.15) is 0 Å². The number of benzene rings is 2. The zero-order valence-electron chi connectivity index (χ0n) is 14.3. The summed E-state index contributed by atoms with van der Waals surface area (Å²) >= 11 is 0. The standard InChI is InChI=1S/C7H5N3O3.C7H7N3O.C2H6O/c11-7-8-5-2-1-4(10(12)13)3-6(5)9-7;8-4-1-2-5-6(3-4)10-7(11)9-5;1-2-3/h1-3H,(H2,8,9,11);1-3H,8H2,(H2,9,10,11);3H,2H2,1H3. The molecule has 0 bridgehead atoms. The lowest BCUT2D eigenvalue weighted by atomic mass is 10.3. The quantitative estimate of drug-likeness (QED) is 0.165. The van der Waals surface area contributed by atoms with Crippen molar-refractivity contribution < 1.29 is 10.0 Å². The molecule has 0 saturated heterocycles. The van der Waals surface area contributed by atoms with Crippen LogP contribution in [-0.4, -0.2) is 36.6 Å². The Morgan fingerprint density at radius 1 is 0.926 bits per heavy atom. The summed E-state index contributed by atoms with van der Waals surface area (Å²) in [4.78, 5) is 41.5. The number of nitrogens with zero attached hydrogens (tertiary/aromatic N) is 1. The maximum absolute atomic E-state index is 10.8. The number of anilines is 1. The number of aliphatic hydroxyl groups is 1. The molecule has 0 spiro atoms. The number of H-pyrrole nitrogens is 4. The number of nitro benzene ring substituents is 1. The highest BCUT2D eigenvalue weighted by Gasteiger charge is 2.06. The normalized spacial score (nSPS) is 10.0. The number of fused-ring (bicyclic) bond motifs is 2. The van der Waals surface area contributed by atoms with Gasteiger partial charge in [-0.25, -0.2) is 9.59 Å². The van der Waals surface area contributed by atoms with Crippen LogP contribution in [-0.2, 0) is 0 Å². The minimum Gasteiger partial charge on any atom is -0.399 e. The molecule has 4 rings (SSSR count). The fourth-order valence-corrected chi connectivity index (χ4v) is 2.18. The average Bonchev–Trinajstić information content (AvgIpc) is 3.15. The maximum Gasteiger partial charge on any atom is 0.323 e. The first-order chi connectivity index (χ1) is 12.8. The first kappa shape index (κ1) is 19.5. The second-order valence-electron chi connectivity index (χ2n) is 5.27. The SMILES string of the molecule is CCO.Nc1ccc2[nH]c(=O)[nH]c2c1.O=c1[nH]c2ccc([N+](=O)[O-])cc2[nH]1. The van der Waals surface area contributed by atoms with Crippen molar-refractivity contribution in [1.82, 2.24) is 19.9 Å². The predicted molar refractivity (Wildman–Crippen MR) is 102 cm³/mol. The Balaban J connectivity index is 0.000000171. The number of hydrogen-bond acceptors (Lipinski definition) is 6. The molecule has 11 heteroatoms. The van der Waals surface area contributed by atoms with E-state index in [0.29, 0.717) is 16.7 Å². The molecular formula is C16H18N6O5. The van der Waals surface area contributed by atoms with Crippen LogP contribution in [0.4, 0.5) is 11.4 Å². The molecular weight excluding hydrogens is 356 g/mol. The number of nitro groups is 1. The van der Waals surface area contributed by atoms with E-state index in [1.807, 2.05) is 0 Å². The van der Waals surface area contributed by atoms with Crippen molar-refractivity contribution in [2.24, 2.45) is 0 Å². The van der Waals surface area contributed by atoms with Gasteiger partial charge in [-0.05, 0) is 31.2 Å². The van der Waals surface area contributed by atoms with Crippen LogP contribution in [0.15, 0.2) is 46.0 Å². The van der Waals surface area contributed by atoms with Crippen LogP contribution in [0.5, 0.6) is 0 Å². The van der Waals surface area contributed by atoms with Crippen LogP contribution in [0, 0.1) is 10.1 Å². The van der Waals surface area contributed by atoms with Gasteiger partial charge in [0.2, 0.25) is 0 Å². The summed E-state index contributed by atoms with van der Waals surface area (Å²) in [6, 6.07) is 9.37. The Bertz CT molecular complexity index is 1170. The van der Waals surface area contributed by atoms with Gasteiger partial charge in [-0.15, -0.1) is 0 Å². The molecule has 0 aliphatic heterocycles. The van der Waals surface area contributed by atoms with E-state index in [1.165, 1.54) is 18.2 Å². The van der Waals surface area contributed by atoms with Crippen LogP contribution in [0.1, 0.15) is 6.92 Å². The van der Waals surface area contributed by atoms with E-state index in [1.54, 1.807) is 25.1 Å². The summed E-state index contributed by atoms with van der Waals surface area (Å²) in [6.07, 6.45) is 0. The van der Waals surface area contributed by atoms with E-state index in [-0.39, 0.29) is 23.7 Å². The largest absolute Gasteiger partial charge is 0.399 e. The molecule has 142 valence electrons. The molecule has 0 fully saturated rings. The number of rotatable bonds is 1. The Morgan fingerprint density at radius 2 is 1.37 bits per heavy atom. The molecule has 0 amide bonds.